The molecule has 132 valence electrons. The van der Waals surface area contributed by atoms with Gasteiger partial charge in [0.05, 0.1) is 4.90 Å². The molecule has 0 fully saturated rings. The molecule has 13 heteroatoms. The molecule has 0 aromatic heterocycles. The molecule has 0 saturated carbocycles. The molecular formula is C10H9F5O6S2. The van der Waals surface area contributed by atoms with Crippen LogP contribution in [0.1, 0.15) is 5.56 Å². The Morgan fingerprint density at radius 3 is 1.83 bits per heavy atom. The van der Waals surface area contributed by atoms with Crippen LogP contribution in [-0.2, 0) is 24.4 Å². The van der Waals surface area contributed by atoms with Crippen molar-refractivity contribution in [2.45, 2.75) is 29.4 Å². The molecule has 0 radical (unpaired) electrons. The summed E-state index contributed by atoms with van der Waals surface area (Å²) in [6, 6.07) is 3.73. The summed E-state index contributed by atoms with van der Waals surface area (Å²) in [5.74, 6) is -5.83. The summed E-state index contributed by atoms with van der Waals surface area (Å²) in [6.45, 7) is 1.50. The van der Waals surface area contributed by atoms with Crippen LogP contribution in [-0.4, -0.2) is 38.9 Å². The maximum atomic E-state index is 13.8. The summed E-state index contributed by atoms with van der Waals surface area (Å²) in [4.78, 5) is -0.975. The van der Waals surface area contributed by atoms with Gasteiger partial charge >= 0.3 is 22.1 Å². The first-order chi connectivity index (χ1) is 10.1. The summed E-state index contributed by atoms with van der Waals surface area (Å²) < 4.78 is 121. The van der Waals surface area contributed by atoms with Crippen LogP contribution in [0.5, 0.6) is 0 Å². The van der Waals surface area contributed by atoms with Crippen LogP contribution in [0.25, 0.3) is 0 Å². The smallest absolute Gasteiger partial charge is 0.283 e. The Balaban J connectivity index is 3.39. The Morgan fingerprint density at radius 2 is 1.48 bits per heavy atom. The Hall–Kier alpha value is -1.31. The molecule has 0 spiro atoms. The lowest BCUT2D eigenvalue weighted by molar-refractivity contribution is -0.311. The Morgan fingerprint density at radius 1 is 1.04 bits per heavy atom. The first-order valence-corrected chi connectivity index (χ1v) is 8.41. The average Bonchev–Trinajstić information content (AvgIpc) is 2.35. The lowest BCUT2D eigenvalue weighted by atomic mass is 10.2. The second-order valence-corrected chi connectivity index (χ2v) is 7.31. The van der Waals surface area contributed by atoms with E-state index in [2.05, 4.69) is 4.18 Å². The largest absolute Gasteiger partial charge is 0.453 e. The van der Waals surface area contributed by atoms with E-state index in [0.717, 1.165) is 24.3 Å². The zero-order chi connectivity index (χ0) is 18.3. The maximum Gasteiger partial charge on any atom is 0.453 e. The second-order valence-electron chi connectivity index (χ2n) is 4.32. The van der Waals surface area contributed by atoms with E-state index in [1.165, 1.54) is 6.92 Å². The van der Waals surface area contributed by atoms with Gasteiger partial charge in [-0.1, -0.05) is 17.7 Å². The predicted molar refractivity (Wildman–Crippen MR) is 65.8 cm³/mol. The number of aryl methyl sites for hydroxylation is 1. The molecule has 1 aromatic rings. The van der Waals surface area contributed by atoms with Gasteiger partial charge in [-0.3, -0.25) is 4.55 Å². The molecule has 6 nitrogen and oxygen atoms in total. The predicted octanol–water partition coefficient (Wildman–Crippen LogP) is 2.11. The molecule has 0 bridgehead atoms. The van der Waals surface area contributed by atoms with Gasteiger partial charge < -0.3 is 0 Å². The minimum Gasteiger partial charge on any atom is -0.283 e. The van der Waals surface area contributed by atoms with E-state index < -0.39 is 42.7 Å². The monoisotopic (exact) mass is 384 g/mol. The summed E-state index contributed by atoms with van der Waals surface area (Å²) >= 11 is 0. The molecular weight excluding hydrogens is 375 g/mol. The van der Waals surface area contributed by atoms with Crippen molar-refractivity contribution in [2.75, 3.05) is 0 Å². The Labute approximate surface area is 127 Å². The van der Waals surface area contributed by atoms with Crippen LogP contribution >= 0.6 is 0 Å². The zero-order valence-electron chi connectivity index (χ0n) is 11.1. The van der Waals surface area contributed by atoms with Crippen molar-refractivity contribution in [2.24, 2.45) is 0 Å². The molecule has 23 heavy (non-hydrogen) atoms. The van der Waals surface area contributed by atoms with Crippen molar-refractivity contribution in [3.63, 3.8) is 0 Å². The summed E-state index contributed by atoms with van der Waals surface area (Å²) in [7, 11) is -11.8. The first kappa shape index (κ1) is 19.7. The molecule has 0 aliphatic carbocycles. The molecule has 1 rings (SSSR count). The van der Waals surface area contributed by atoms with Crippen molar-refractivity contribution in [1.82, 2.24) is 0 Å². The summed E-state index contributed by atoms with van der Waals surface area (Å²) in [5.41, 5.74) is -4.23. The third-order valence-electron chi connectivity index (χ3n) is 2.48. The summed E-state index contributed by atoms with van der Waals surface area (Å²) in [6.07, 6.45) is -6.42. The molecule has 1 N–H and O–H groups in total. The van der Waals surface area contributed by atoms with Gasteiger partial charge in [0.15, 0.2) is 0 Å². The third-order valence-corrected chi connectivity index (χ3v) is 4.62. The standard InChI is InChI=1S/C10H9F5O6S2/c1-6-2-4-7(5-3-6)23(19,20)21-9(12,10(13,14)15)8(11)22(16,17)18/h2-5,8H,1H3,(H,16,17,18). The van der Waals surface area contributed by atoms with Crippen LogP contribution in [0.15, 0.2) is 29.2 Å². The number of alkyl halides is 5. The molecule has 0 aliphatic rings. The number of halogens is 5. The van der Waals surface area contributed by atoms with E-state index in [-0.39, 0.29) is 0 Å². The minimum absolute atomic E-state index is 0.493. The fourth-order valence-electron chi connectivity index (χ4n) is 1.32. The molecule has 1 aromatic carbocycles. The van der Waals surface area contributed by atoms with Crippen molar-refractivity contribution in [3.8, 4) is 0 Å². The molecule has 0 saturated heterocycles. The maximum absolute atomic E-state index is 13.8. The summed E-state index contributed by atoms with van der Waals surface area (Å²) in [5, 5.41) is 0. The number of benzene rings is 1. The SMILES string of the molecule is Cc1ccc(S(=O)(=O)OC(F)(C(F)S(=O)(=O)O)C(F)(F)F)cc1. The third kappa shape index (κ3) is 4.16. The molecule has 2 unspecified atom stereocenters. The molecule has 0 heterocycles. The number of hydrogen-bond donors (Lipinski definition) is 1. The van der Waals surface area contributed by atoms with Gasteiger partial charge in [-0.15, -0.1) is 0 Å². The highest BCUT2D eigenvalue weighted by Crippen LogP contribution is 2.43. The highest BCUT2D eigenvalue weighted by atomic mass is 32.2. The fourth-order valence-corrected chi connectivity index (χ4v) is 3.01. The average molecular weight is 384 g/mol. The van der Waals surface area contributed by atoms with Gasteiger partial charge in [0.25, 0.3) is 15.6 Å². The molecule has 2 atom stereocenters. The van der Waals surface area contributed by atoms with Crippen LogP contribution in [0.4, 0.5) is 22.0 Å². The Bertz CT molecular complexity index is 771. The van der Waals surface area contributed by atoms with Crippen LogP contribution < -0.4 is 0 Å². The van der Waals surface area contributed by atoms with Crippen LogP contribution in [0.2, 0.25) is 0 Å². The van der Waals surface area contributed by atoms with E-state index in [1.807, 2.05) is 0 Å². The van der Waals surface area contributed by atoms with Gasteiger partial charge in [-0.25, -0.2) is 8.57 Å². The zero-order valence-corrected chi connectivity index (χ0v) is 12.7. The topological polar surface area (TPSA) is 97.7 Å². The van der Waals surface area contributed by atoms with Gasteiger partial charge in [-0.05, 0) is 19.1 Å². The van der Waals surface area contributed by atoms with Gasteiger partial charge in [0, 0.05) is 0 Å². The van der Waals surface area contributed by atoms with Crippen LogP contribution in [0, 0.1) is 6.92 Å². The van der Waals surface area contributed by atoms with Gasteiger partial charge in [0.2, 0.25) is 0 Å². The van der Waals surface area contributed by atoms with E-state index in [1.54, 1.807) is 0 Å². The number of rotatable bonds is 5. The van der Waals surface area contributed by atoms with Crippen molar-refractivity contribution < 1.29 is 47.5 Å². The first-order valence-electron chi connectivity index (χ1n) is 5.49. The van der Waals surface area contributed by atoms with Crippen molar-refractivity contribution in [1.29, 1.82) is 0 Å². The lowest BCUT2D eigenvalue weighted by Gasteiger charge is -2.28. The normalized spacial score (nSPS) is 17.5. The fraction of sp³-hybridized carbons (Fsp3) is 0.400. The van der Waals surface area contributed by atoms with E-state index in [9.17, 15) is 38.8 Å². The second kappa shape index (κ2) is 5.96. The van der Waals surface area contributed by atoms with Gasteiger partial charge in [-0.2, -0.15) is 34.4 Å². The number of hydrogen-bond acceptors (Lipinski definition) is 5. The lowest BCUT2D eigenvalue weighted by Crippen LogP contribution is -2.54. The van der Waals surface area contributed by atoms with E-state index in [4.69, 9.17) is 4.55 Å². The Kier molecular flexibility index (Phi) is 5.11. The minimum atomic E-state index is -6.42. The van der Waals surface area contributed by atoms with Gasteiger partial charge in [0.1, 0.15) is 0 Å². The highest BCUT2D eigenvalue weighted by molar-refractivity contribution is 7.87. The highest BCUT2D eigenvalue weighted by Gasteiger charge is 2.70. The van der Waals surface area contributed by atoms with Crippen molar-refractivity contribution >= 4 is 20.2 Å². The van der Waals surface area contributed by atoms with E-state index in [0.29, 0.717) is 5.56 Å². The molecule has 0 amide bonds. The molecule has 0 aliphatic heterocycles. The van der Waals surface area contributed by atoms with E-state index >= 15 is 0 Å². The quantitative estimate of drug-likeness (QED) is 0.474. The van der Waals surface area contributed by atoms with Crippen LogP contribution in [0.3, 0.4) is 0 Å². The van der Waals surface area contributed by atoms with Crippen molar-refractivity contribution in [3.05, 3.63) is 29.8 Å².